The highest BCUT2D eigenvalue weighted by Gasteiger charge is 2.31. The van der Waals surface area contributed by atoms with Gasteiger partial charge in [0.1, 0.15) is 5.56 Å². The summed E-state index contributed by atoms with van der Waals surface area (Å²) >= 11 is 1.75. The number of carbonyl (C=O) groups excluding carboxylic acids is 1. The van der Waals surface area contributed by atoms with Crippen molar-refractivity contribution in [3.8, 4) is 5.69 Å². The zero-order valence-electron chi connectivity index (χ0n) is 17.6. The van der Waals surface area contributed by atoms with E-state index in [0.29, 0.717) is 12.0 Å². The topological polar surface area (TPSA) is 55.2 Å². The Labute approximate surface area is 186 Å². The molecule has 1 aromatic carbocycles. The summed E-state index contributed by atoms with van der Waals surface area (Å²) in [4.78, 5) is 34.3. The maximum atomic E-state index is 13.6. The molecule has 4 heterocycles. The van der Waals surface area contributed by atoms with Crippen molar-refractivity contribution in [2.45, 2.75) is 42.8 Å². The van der Waals surface area contributed by atoms with Gasteiger partial charge >= 0.3 is 0 Å². The molecule has 1 fully saturated rings. The molecule has 5 nitrogen and oxygen atoms in total. The lowest BCUT2D eigenvalue weighted by molar-refractivity contribution is 0.0721. The van der Waals surface area contributed by atoms with Crippen LogP contribution in [0.15, 0.2) is 64.4 Å². The zero-order valence-corrected chi connectivity index (χ0v) is 18.4. The first-order valence-electron chi connectivity index (χ1n) is 10.9. The number of piperidine rings is 1. The zero-order chi connectivity index (χ0) is 21.4. The highest BCUT2D eigenvalue weighted by atomic mass is 32.2. The molecule has 31 heavy (non-hydrogen) atoms. The van der Waals surface area contributed by atoms with E-state index in [-0.39, 0.29) is 16.6 Å². The highest BCUT2D eigenvalue weighted by Crippen LogP contribution is 2.43. The molecule has 6 heteroatoms. The molecule has 2 aliphatic heterocycles. The summed E-state index contributed by atoms with van der Waals surface area (Å²) in [7, 11) is 0. The van der Waals surface area contributed by atoms with Crippen LogP contribution in [0.4, 0.5) is 0 Å². The van der Waals surface area contributed by atoms with Crippen LogP contribution in [0.2, 0.25) is 0 Å². The monoisotopic (exact) mass is 431 g/mol. The van der Waals surface area contributed by atoms with Crippen molar-refractivity contribution in [3.05, 3.63) is 87.6 Å². The van der Waals surface area contributed by atoms with Gasteiger partial charge in [0.15, 0.2) is 5.43 Å². The maximum absolute atomic E-state index is 13.6. The fourth-order valence-corrected chi connectivity index (χ4v) is 5.89. The third-order valence-corrected chi connectivity index (χ3v) is 7.42. The number of thioether (sulfide) groups is 1. The van der Waals surface area contributed by atoms with Crippen molar-refractivity contribution in [2.24, 2.45) is 0 Å². The Morgan fingerprint density at radius 2 is 1.84 bits per heavy atom. The first-order valence-corrected chi connectivity index (χ1v) is 11.7. The number of amides is 1. The third-order valence-electron chi connectivity index (χ3n) is 6.13. The van der Waals surface area contributed by atoms with Gasteiger partial charge in [0.25, 0.3) is 5.91 Å². The minimum Gasteiger partial charge on any atom is -0.338 e. The molecule has 0 spiro atoms. The van der Waals surface area contributed by atoms with E-state index in [2.05, 4.69) is 21.7 Å². The van der Waals surface area contributed by atoms with Gasteiger partial charge in [-0.1, -0.05) is 18.2 Å². The number of likely N-dealkylation sites (tertiary alicyclic amines) is 1. The SMILES string of the molecule is Cc1cc(=O)c(C(=O)N2CCCCC2)c2n1-c1ccccc1S[C@H](c1ccccn1)C2. The lowest BCUT2D eigenvalue weighted by Gasteiger charge is -2.28. The van der Waals surface area contributed by atoms with Gasteiger partial charge in [-0.15, -0.1) is 11.8 Å². The normalized spacial score (nSPS) is 18.1. The molecule has 0 saturated carbocycles. The van der Waals surface area contributed by atoms with E-state index in [9.17, 15) is 9.59 Å². The van der Waals surface area contributed by atoms with E-state index in [1.54, 1.807) is 24.0 Å². The molecule has 2 aliphatic rings. The average Bonchev–Trinajstić information content (AvgIpc) is 2.97. The maximum Gasteiger partial charge on any atom is 0.259 e. The number of rotatable bonds is 2. The van der Waals surface area contributed by atoms with Crippen molar-refractivity contribution < 1.29 is 4.79 Å². The second-order valence-electron chi connectivity index (χ2n) is 8.19. The van der Waals surface area contributed by atoms with Gasteiger partial charge in [0, 0.05) is 48.1 Å². The number of carbonyl (C=O) groups is 1. The molecule has 1 atom stereocenters. The Bertz CT molecular complexity index is 1180. The average molecular weight is 432 g/mol. The number of pyridine rings is 2. The molecule has 3 aromatic rings. The summed E-state index contributed by atoms with van der Waals surface area (Å²) in [6.07, 6.45) is 5.51. The number of nitrogens with zero attached hydrogens (tertiary/aromatic N) is 3. The van der Waals surface area contributed by atoms with Gasteiger partial charge in [-0.3, -0.25) is 14.6 Å². The molecular weight excluding hydrogens is 406 g/mol. The number of hydrogen-bond donors (Lipinski definition) is 0. The van der Waals surface area contributed by atoms with E-state index in [4.69, 9.17) is 0 Å². The van der Waals surface area contributed by atoms with Crippen LogP contribution in [-0.2, 0) is 6.42 Å². The Kier molecular flexibility index (Phi) is 5.40. The second kappa shape index (κ2) is 8.35. The predicted molar refractivity (Wildman–Crippen MR) is 123 cm³/mol. The Balaban J connectivity index is 1.72. The van der Waals surface area contributed by atoms with E-state index in [0.717, 1.165) is 60.0 Å². The number of aryl methyl sites for hydroxylation is 1. The fraction of sp³-hybridized carbons (Fsp3) is 0.320. The molecule has 1 amide bonds. The minimum absolute atomic E-state index is 0.0187. The Morgan fingerprint density at radius 1 is 1.06 bits per heavy atom. The first kappa shape index (κ1) is 20.1. The van der Waals surface area contributed by atoms with E-state index in [1.165, 1.54) is 0 Å². The van der Waals surface area contributed by atoms with Crippen LogP contribution in [0.5, 0.6) is 0 Å². The largest absolute Gasteiger partial charge is 0.338 e. The molecule has 1 saturated heterocycles. The Hall–Kier alpha value is -2.86. The molecule has 0 aliphatic carbocycles. The summed E-state index contributed by atoms with van der Waals surface area (Å²) in [5.74, 6) is -0.127. The van der Waals surface area contributed by atoms with Crippen LogP contribution in [0, 0.1) is 6.92 Å². The van der Waals surface area contributed by atoms with Crippen molar-refractivity contribution in [2.75, 3.05) is 13.1 Å². The third kappa shape index (κ3) is 3.69. The summed E-state index contributed by atoms with van der Waals surface area (Å²) < 4.78 is 2.11. The minimum atomic E-state index is -0.177. The molecule has 0 unspecified atom stereocenters. The predicted octanol–water partition coefficient (Wildman–Crippen LogP) is 4.56. The number of aromatic nitrogens is 2. The number of fused-ring (bicyclic) bond motifs is 3. The van der Waals surface area contributed by atoms with Crippen LogP contribution in [-0.4, -0.2) is 33.4 Å². The van der Waals surface area contributed by atoms with Crippen molar-refractivity contribution in [1.82, 2.24) is 14.5 Å². The molecule has 2 aromatic heterocycles. The molecule has 5 rings (SSSR count). The smallest absolute Gasteiger partial charge is 0.259 e. The number of hydrogen-bond acceptors (Lipinski definition) is 4. The second-order valence-corrected chi connectivity index (χ2v) is 9.44. The molecule has 158 valence electrons. The summed E-state index contributed by atoms with van der Waals surface area (Å²) in [6, 6.07) is 15.8. The van der Waals surface area contributed by atoms with Crippen molar-refractivity contribution in [3.63, 3.8) is 0 Å². The van der Waals surface area contributed by atoms with E-state index >= 15 is 0 Å². The van der Waals surface area contributed by atoms with Crippen LogP contribution in [0.3, 0.4) is 0 Å². The summed E-state index contributed by atoms with van der Waals surface area (Å²) in [6.45, 7) is 3.39. The van der Waals surface area contributed by atoms with E-state index in [1.807, 2.05) is 42.2 Å². The van der Waals surface area contributed by atoms with Gasteiger partial charge in [-0.2, -0.15) is 0 Å². The lowest BCUT2D eigenvalue weighted by Crippen LogP contribution is -2.39. The van der Waals surface area contributed by atoms with Crippen LogP contribution in [0.25, 0.3) is 5.69 Å². The fourth-order valence-electron chi connectivity index (χ4n) is 4.65. The van der Waals surface area contributed by atoms with Crippen LogP contribution in [0.1, 0.15) is 52.0 Å². The highest BCUT2D eigenvalue weighted by molar-refractivity contribution is 7.99. The lowest BCUT2D eigenvalue weighted by atomic mass is 10.0. The molecule has 0 bridgehead atoms. The first-order chi connectivity index (χ1) is 15.1. The summed E-state index contributed by atoms with van der Waals surface area (Å²) in [5, 5.41) is 0.0187. The van der Waals surface area contributed by atoms with Gasteiger partial charge < -0.3 is 9.47 Å². The molecule has 0 N–H and O–H groups in total. The van der Waals surface area contributed by atoms with Crippen LogP contribution < -0.4 is 5.43 Å². The molecular formula is C25H25N3O2S. The van der Waals surface area contributed by atoms with Crippen molar-refractivity contribution in [1.29, 1.82) is 0 Å². The van der Waals surface area contributed by atoms with Crippen LogP contribution >= 0.6 is 11.8 Å². The van der Waals surface area contributed by atoms with E-state index < -0.39 is 0 Å². The summed E-state index contributed by atoms with van der Waals surface area (Å²) in [5.41, 5.74) is 3.78. The van der Waals surface area contributed by atoms with Crippen molar-refractivity contribution >= 4 is 17.7 Å². The van der Waals surface area contributed by atoms with Gasteiger partial charge in [-0.05, 0) is 50.5 Å². The standard InChI is InChI=1S/C25H25N3O2S/c1-17-15-21(29)24(25(30)27-13-7-2-8-14-27)20-16-23(18-9-5-6-12-26-18)31-22-11-4-3-10-19(22)28(17)20/h3-6,9-12,15,23H,2,7-8,13-14,16H2,1H3/t23-/m0/s1. The number of benzene rings is 1. The number of para-hydroxylation sites is 1. The Morgan fingerprint density at radius 3 is 2.61 bits per heavy atom. The van der Waals surface area contributed by atoms with Gasteiger partial charge in [0.05, 0.1) is 16.6 Å². The molecule has 0 radical (unpaired) electrons. The van der Waals surface area contributed by atoms with Gasteiger partial charge in [-0.25, -0.2) is 0 Å². The quantitative estimate of drug-likeness (QED) is 0.597. The van der Waals surface area contributed by atoms with Gasteiger partial charge in [0.2, 0.25) is 0 Å².